The van der Waals surface area contributed by atoms with Crippen molar-refractivity contribution in [2.45, 2.75) is 18.9 Å². The summed E-state index contributed by atoms with van der Waals surface area (Å²) >= 11 is 0. The zero-order valence-corrected chi connectivity index (χ0v) is 7.99. The maximum atomic E-state index is 9.39. The van der Waals surface area contributed by atoms with Crippen LogP contribution in [0.4, 0.5) is 0 Å². The van der Waals surface area contributed by atoms with E-state index >= 15 is 0 Å². The Labute approximate surface area is 74.3 Å². The molecule has 0 bridgehead atoms. The molecule has 1 atom stereocenters. The van der Waals surface area contributed by atoms with Crippen molar-refractivity contribution in [1.29, 1.82) is 0 Å². The molecule has 1 N–H and O–H groups in total. The summed E-state index contributed by atoms with van der Waals surface area (Å²) in [7, 11) is 3.67. The summed E-state index contributed by atoms with van der Waals surface area (Å²) in [5, 5.41) is 9.39. The first-order chi connectivity index (χ1) is 5.72. The van der Waals surface area contributed by atoms with E-state index < -0.39 is 0 Å². The van der Waals surface area contributed by atoms with E-state index in [0.29, 0.717) is 6.61 Å². The van der Waals surface area contributed by atoms with Gasteiger partial charge < -0.3 is 14.7 Å². The summed E-state index contributed by atoms with van der Waals surface area (Å²) in [6.07, 6.45) is 2.40. The zero-order chi connectivity index (χ0) is 8.97. The van der Waals surface area contributed by atoms with Gasteiger partial charge >= 0.3 is 0 Å². The molecule has 0 aliphatic heterocycles. The lowest BCUT2D eigenvalue weighted by molar-refractivity contribution is 0.0425. The Balaban J connectivity index is 2.02. The second kappa shape index (κ2) is 4.80. The summed E-state index contributed by atoms with van der Waals surface area (Å²) in [5.41, 5.74) is 0. The summed E-state index contributed by atoms with van der Waals surface area (Å²) in [5.74, 6) is 0.893. The predicted octanol–water partition coefficient (Wildman–Crippen LogP) is 0.336. The van der Waals surface area contributed by atoms with Gasteiger partial charge in [0, 0.05) is 20.2 Å². The molecule has 1 rings (SSSR count). The molecule has 12 heavy (non-hydrogen) atoms. The first-order valence-electron chi connectivity index (χ1n) is 4.58. The highest BCUT2D eigenvalue weighted by Crippen LogP contribution is 2.29. The van der Waals surface area contributed by atoms with E-state index in [0.717, 1.165) is 19.0 Å². The molecule has 3 heteroatoms. The monoisotopic (exact) mass is 173 g/mol. The fourth-order valence-corrected chi connectivity index (χ4v) is 1.42. The number of ether oxygens (including phenoxy) is 1. The van der Waals surface area contributed by atoms with Gasteiger partial charge in [0.15, 0.2) is 0 Å². The average molecular weight is 173 g/mol. The molecule has 0 heterocycles. The fourth-order valence-electron chi connectivity index (χ4n) is 1.42. The molecule has 0 spiro atoms. The van der Waals surface area contributed by atoms with Crippen molar-refractivity contribution in [1.82, 2.24) is 4.90 Å². The van der Waals surface area contributed by atoms with Crippen LogP contribution in [0, 0.1) is 5.92 Å². The summed E-state index contributed by atoms with van der Waals surface area (Å²) < 4.78 is 4.85. The number of hydrogen-bond acceptors (Lipinski definition) is 3. The first kappa shape index (κ1) is 9.96. The third kappa shape index (κ3) is 4.04. The van der Waals surface area contributed by atoms with E-state index in [-0.39, 0.29) is 6.10 Å². The molecular weight excluding hydrogens is 154 g/mol. The molecule has 0 aromatic carbocycles. The maximum Gasteiger partial charge on any atom is 0.0899 e. The van der Waals surface area contributed by atoms with Gasteiger partial charge in [0.2, 0.25) is 0 Å². The summed E-state index contributed by atoms with van der Waals surface area (Å²) in [4.78, 5) is 2.18. The van der Waals surface area contributed by atoms with Crippen LogP contribution in [0.5, 0.6) is 0 Å². The van der Waals surface area contributed by atoms with Gasteiger partial charge in [-0.15, -0.1) is 0 Å². The number of aliphatic hydroxyl groups excluding tert-OH is 1. The molecule has 0 saturated heterocycles. The van der Waals surface area contributed by atoms with E-state index in [9.17, 15) is 5.11 Å². The van der Waals surface area contributed by atoms with Crippen LogP contribution in [-0.2, 0) is 4.74 Å². The second-order valence-corrected chi connectivity index (χ2v) is 3.77. The van der Waals surface area contributed by atoms with Gasteiger partial charge in [-0.2, -0.15) is 0 Å². The smallest absolute Gasteiger partial charge is 0.0899 e. The fraction of sp³-hybridized carbons (Fsp3) is 1.00. The van der Waals surface area contributed by atoms with Crippen molar-refractivity contribution in [3.8, 4) is 0 Å². The summed E-state index contributed by atoms with van der Waals surface area (Å²) in [6.45, 7) is 2.29. The first-order valence-corrected chi connectivity index (χ1v) is 4.58. The number of hydrogen-bond donors (Lipinski definition) is 1. The highest BCUT2D eigenvalue weighted by Gasteiger charge is 2.23. The van der Waals surface area contributed by atoms with Crippen LogP contribution in [0.2, 0.25) is 0 Å². The minimum absolute atomic E-state index is 0.334. The number of rotatable bonds is 6. The zero-order valence-electron chi connectivity index (χ0n) is 7.99. The molecular formula is C9H19NO2. The standard InChI is InChI=1S/C9H19NO2/c1-10(5-8-3-4-8)6-9(11)7-12-2/h8-9,11H,3-7H2,1-2H3. The van der Waals surface area contributed by atoms with Crippen molar-refractivity contribution in [2.75, 3.05) is 33.9 Å². The van der Waals surface area contributed by atoms with Crippen molar-refractivity contribution in [3.05, 3.63) is 0 Å². The Hall–Kier alpha value is -0.120. The van der Waals surface area contributed by atoms with Crippen LogP contribution in [0.1, 0.15) is 12.8 Å². The lowest BCUT2D eigenvalue weighted by Crippen LogP contribution is -2.33. The van der Waals surface area contributed by atoms with Gasteiger partial charge in [0.25, 0.3) is 0 Å². The number of aliphatic hydroxyl groups is 1. The molecule has 0 radical (unpaired) electrons. The normalized spacial score (nSPS) is 20.0. The van der Waals surface area contributed by atoms with E-state index in [2.05, 4.69) is 11.9 Å². The van der Waals surface area contributed by atoms with Crippen molar-refractivity contribution >= 4 is 0 Å². The molecule has 1 aliphatic rings. The van der Waals surface area contributed by atoms with Crippen molar-refractivity contribution < 1.29 is 9.84 Å². The van der Waals surface area contributed by atoms with Gasteiger partial charge in [-0.25, -0.2) is 0 Å². The number of likely N-dealkylation sites (N-methyl/N-ethyl adjacent to an activating group) is 1. The Bertz CT molecular complexity index is 126. The molecule has 72 valence electrons. The molecule has 1 saturated carbocycles. The highest BCUT2D eigenvalue weighted by molar-refractivity contribution is 4.76. The Kier molecular flexibility index (Phi) is 3.98. The van der Waals surface area contributed by atoms with Crippen molar-refractivity contribution in [3.63, 3.8) is 0 Å². The van der Waals surface area contributed by atoms with Gasteiger partial charge in [-0.3, -0.25) is 0 Å². The maximum absolute atomic E-state index is 9.39. The Morgan fingerprint density at radius 3 is 2.75 bits per heavy atom. The number of methoxy groups -OCH3 is 1. The van der Waals surface area contributed by atoms with Gasteiger partial charge in [0.1, 0.15) is 0 Å². The molecule has 3 nitrogen and oxygen atoms in total. The Morgan fingerprint density at radius 1 is 1.58 bits per heavy atom. The average Bonchev–Trinajstić information content (AvgIpc) is 2.71. The predicted molar refractivity (Wildman–Crippen MR) is 48.1 cm³/mol. The minimum Gasteiger partial charge on any atom is -0.389 e. The van der Waals surface area contributed by atoms with E-state index in [4.69, 9.17) is 4.74 Å². The third-order valence-corrected chi connectivity index (χ3v) is 2.15. The number of nitrogens with zero attached hydrogens (tertiary/aromatic N) is 1. The van der Waals surface area contributed by atoms with Crippen LogP contribution >= 0.6 is 0 Å². The van der Waals surface area contributed by atoms with Crippen LogP contribution in [0.25, 0.3) is 0 Å². The molecule has 0 aromatic heterocycles. The van der Waals surface area contributed by atoms with E-state index in [1.165, 1.54) is 12.8 Å². The summed E-state index contributed by atoms with van der Waals surface area (Å²) in [6, 6.07) is 0. The SMILES string of the molecule is COCC(O)CN(C)CC1CC1. The lowest BCUT2D eigenvalue weighted by Gasteiger charge is -2.19. The largest absolute Gasteiger partial charge is 0.389 e. The van der Waals surface area contributed by atoms with Gasteiger partial charge in [-0.1, -0.05) is 0 Å². The molecule has 0 aromatic rings. The highest BCUT2D eigenvalue weighted by atomic mass is 16.5. The van der Waals surface area contributed by atoms with Crippen LogP contribution < -0.4 is 0 Å². The molecule has 1 unspecified atom stereocenters. The van der Waals surface area contributed by atoms with Crippen molar-refractivity contribution in [2.24, 2.45) is 5.92 Å². The third-order valence-electron chi connectivity index (χ3n) is 2.15. The van der Waals surface area contributed by atoms with E-state index in [1.54, 1.807) is 7.11 Å². The quantitative estimate of drug-likeness (QED) is 0.628. The topological polar surface area (TPSA) is 32.7 Å². The second-order valence-electron chi connectivity index (χ2n) is 3.77. The van der Waals surface area contributed by atoms with Gasteiger partial charge in [-0.05, 0) is 25.8 Å². The molecule has 1 aliphatic carbocycles. The van der Waals surface area contributed by atoms with Crippen LogP contribution in [-0.4, -0.2) is 50.0 Å². The van der Waals surface area contributed by atoms with E-state index in [1.807, 2.05) is 0 Å². The Morgan fingerprint density at radius 2 is 2.25 bits per heavy atom. The minimum atomic E-state index is -0.334. The van der Waals surface area contributed by atoms with Crippen LogP contribution in [0.15, 0.2) is 0 Å². The molecule has 0 amide bonds. The van der Waals surface area contributed by atoms with Gasteiger partial charge in [0.05, 0.1) is 12.7 Å². The van der Waals surface area contributed by atoms with Crippen LogP contribution in [0.3, 0.4) is 0 Å². The molecule has 1 fully saturated rings. The lowest BCUT2D eigenvalue weighted by atomic mass is 10.3.